The van der Waals surface area contributed by atoms with Crippen LogP contribution in [0.5, 0.6) is 0 Å². The van der Waals surface area contributed by atoms with Gasteiger partial charge in [0.15, 0.2) is 0 Å². The van der Waals surface area contributed by atoms with Crippen LogP contribution in [0.15, 0.2) is 24.4 Å². The molecule has 0 aromatic carbocycles. The van der Waals surface area contributed by atoms with Crippen molar-refractivity contribution in [3.8, 4) is 0 Å². The summed E-state index contributed by atoms with van der Waals surface area (Å²) < 4.78 is 0. The van der Waals surface area contributed by atoms with Gasteiger partial charge in [0.2, 0.25) is 5.91 Å². The molecule has 1 aliphatic carbocycles. The highest BCUT2D eigenvalue weighted by Crippen LogP contribution is 2.38. The molecule has 2 saturated heterocycles. The molecule has 1 amide bonds. The van der Waals surface area contributed by atoms with E-state index < -0.39 is 6.10 Å². The number of nitrogens with zero attached hydrogens (tertiary/aromatic N) is 3. The van der Waals surface area contributed by atoms with Crippen LogP contribution >= 0.6 is 0 Å². The molecule has 6 nitrogen and oxygen atoms in total. The van der Waals surface area contributed by atoms with E-state index in [1.54, 1.807) is 6.20 Å². The summed E-state index contributed by atoms with van der Waals surface area (Å²) in [6, 6.07) is 5.78. The first-order chi connectivity index (χ1) is 13.2. The summed E-state index contributed by atoms with van der Waals surface area (Å²) in [6.45, 7) is 4.28. The van der Waals surface area contributed by atoms with Crippen LogP contribution in [0.4, 0.5) is 0 Å². The largest absolute Gasteiger partial charge is 0.390 e. The van der Waals surface area contributed by atoms with Gasteiger partial charge >= 0.3 is 0 Å². The van der Waals surface area contributed by atoms with E-state index in [2.05, 4.69) is 20.1 Å². The molecule has 4 rings (SSSR count). The third-order valence-corrected chi connectivity index (χ3v) is 6.66. The van der Waals surface area contributed by atoms with Gasteiger partial charge in [0, 0.05) is 25.8 Å². The van der Waals surface area contributed by atoms with Crippen LogP contribution in [0.3, 0.4) is 0 Å². The molecular weight excluding hydrogens is 340 g/mol. The summed E-state index contributed by atoms with van der Waals surface area (Å²) in [5.41, 5.74) is 0.701. The average molecular weight is 373 g/mol. The molecule has 148 valence electrons. The van der Waals surface area contributed by atoms with Gasteiger partial charge in [0.05, 0.1) is 17.8 Å². The first kappa shape index (κ1) is 18.8. The van der Waals surface area contributed by atoms with Gasteiger partial charge in [0.25, 0.3) is 0 Å². The van der Waals surface area contributed by atoms with Crippen LogP contribution < -0.4 is 5.32 Å². The van der Waals surface area contributed by atoms with E-state index in [0.717, 1.165) is 64.0 Å². The molecule has 3 fully saturated rings. The Morgan fingerprint density at radius 2 is 1.96 bits per heavy atom. The molecule has 1 aromatic heterocycles. The van der Waals surface area contributed by atoms with E-state index in [1.807, 2.05) is 18.2 Å². The van der Waals surface area contributed by atoms with Gasteiger partial charge in [-0.2, -0.15) is 0 Å². The van der Waals surface area contributed by atoms with Crippen LogP contribution in [-0.4, -0.2) is 69.7 Å². The van der Waals surface area contributed by atoms with Crippen molar-refractivity contribution in [1.29, 1.82) is 0 Å². The first-order valence-electron chi connectivity index (χ1n) is 10.5. The van der Waals surface area contributed by atoms with Gasteiger partial charge in [0.1, 0.15) is 5.54 Å². The molecule has 6 heteroatoms. The van der Waals surface area contributed by atoms with Crippen LogP contribution in [-0.2, 0) is 11.3 Å². The Balaban J connectivity index is 1.35. The van der Waals surface area contributed by atoms with Crippen molar-refractivity contribution < 1.29 is 9.90 Å². The van der Waals surface area contributed by atoms with Gasteiger partial charge < -0.3 is 10.4 Å². The van der Waals surface area contributed by atoms with Crippen molar-refractivity contribution in [2.24, 2.45) is 0 Å². The summed E-state index contributed by atoms with van der Waals surface area (Å²) in [6.07, 6.45) is 8.66. The molecule has 2 aliphatic heterocycles. The number of aliphatic hydroxyl groups is 1. The smallest absolute Gasteiger partial charge is 0.240 e. The quantitative estimate of drug-likeness (QED) is 0.821. The number of aromatic nitrogens is 1. The molecular formula is C21H32N4O2. The lowest BCUT2D eigenvalue weighted by Crippen LogP contribution is -2.62. The number of likely N-dealkylation sites (tertiary alicyclic amines) is 2. The molecule has 0 bridgehead atoms. The van der Waals surface area contributed by atoms with E-state index in [1.165, 1.54) is 12.8 Å². The number of rotatable bonds is 5. The maximum atomic E-state index is 13.3. The lowest BCUT2D eigenvalue weighted by molar-refractivity contribution is -0.135. The molecule has 2 atom stereocenters. The third-order valence-electron chi connectivity index (χ3n) is 6.66. The molecule has 0 radical (unpaired) electrons. The Kier molecular flexibility index (Phi) is 5.76. The summed E-state index contributed by atoms with van der Waals surface area (Å²) in [4.78, 5) is 22.3. The fraction of sp³-hybridized carbons (Fsp3) is 0.714. The number of carbonyl (C=O) groups excluding carboxylic acids is 1. The minimum atomic E-state index is -0.525. The monoisotopic (exact) mass is 372 g/mol. The summed E-state index contributed by atoms with van der Waals surface area (Å²) in [7, 11) is 0. The Bertz CT molecular complexity index is 626. The van der Waals surface area contributed by atoms with E-state index in [4.69, 9.17) is 0 Å². The number of β-amino-alcohol motifs (C(OH)–C–C–N with tert-alkyl or cyclic N) is 1. The zero-order valence-electron chi connectivity index (χ0n) is 16.1. The van der Waals surface area contributed by atoms with E-state index in [-0.39, 0.29) is 17.5 Å². The summed E-state index contributed by atoms with van der Waals surface area (Å²) in [5.74, 6) is 0.157. The predicted molar refractivity (Wildman–Crippen MR) is 104 cm³/mol. The van der Waals surface area contributed by atoms with E-state index in [9.17, 15) is 9.90 Å². The molecule has 0 spiro atoms. The summed E-state index contributed by atoms with van der Waals surface area (Å²) in [5, 5.41) is 13.9. The topological polar surface area (TPSA) is 68.7 Å². The highest BCUT2D eigenvalue weighted by molar-refractivity contribution is 5.87. The van der Waals surface area contributed by atoms with Crippen molar-refractivity contribution in [2.45, 2.75) is 69.2 Å². The second kappa shape index (κ2) is 8.25. The summed E-state index contributed by atoms with van der Waals surface area (Å²) >= 11 is 0. The van der Waals surface area contributed by atoms with Gasteiger partial charge in [-0.25, -0.2) is 0 Å². The average Bonchev–Trinajstić information content (AvgIpc) is 3.37. The zero-order chi connectivity index (χ0) is 18.7. The number of nitrogens with one attached hydrogen (secondary N) is 1. The van der Waals surface area contributed by atoms with Gasteiger partial charge in [-0.3, -0.25) is 19.6 Å². The van der Waals surface area contributed by atoms with Crippen molar-refractivity contribution in [1.82, 2.24) is 20.1 Å². The highest BCUT2D eigenvalue weighted by Gasteiger charge is 2.47. The third kappa shape index (κ3) is 4.03. The minimum absolute atomic E-state index is 0.141. The minimum Gasteiger partial charge on any atom is -0.390 e. The molecule has 1 aromatic rings. The molecule has 0 unspecified atom stereocenters. The number of pyridine rings is 1. The normalized spacial score (nSPS) is 29.1. The van der Waals surface area contributed by atoms with Crippen LogP contribution in [0.1, 0.15) is 50.6 Å². The highest BCUT2D eigenvalue weighted by atomic mass is 16.3. The van der Waals surface area contributed by atoms with Crippen LogP contribution in [0.2, 0.25) is 0 Å². The number of hydrogen-bond acceptors (Lipinski definition) is 5. The van der Waals surface area contributed by atoms with Crippen molar-refractivity contribution in [2.75, 3.05) is 26.2 Å². The number of aliphatic hydroxyl groups excluding tert-OH is 1. The Morgan fingerprint density at radius 1 is 1.19 bits per heavy atom. The fourth-order valence-electron chi connectivity index (χ4n) is 5.12. The molecule has 2 N–H and O–H groups in total. The molecule has 3 aliphatic rings. The number of carbonyl (C=O) groups is 1. The van der Waals surface area contributed by atoms with Gasteiger partial charge in [-0.1, -0.05) is 18.9 Å². The maximum absolute atomic E-state index is 13.3. The SMILES string of the molecule is O=C(N[C@@H]1CCN(Cc2ccccn2)C[C@H]1O)C1(N2CCCC2)CCCC1. The van der Waals surface area contributed by atoms with Gasteiger partial charge in [-0.15, -0.1) is 0 Å². The lowest BCUT2D eigenvalue weighted by atomic mass is 9.92. The first-order valence-corrected chi connectivity index (χ1v) is 10.5. The maximum Gasteiger partial charge on any atom is 0.240 e. The number of amides is 1. The van der Waals surface area contributed by atoms with E-state index in [0.29, 0.717) is 6.54 Å². The Morgan fingerprint density at radius 3 is 2.63 bits per heavy atom. The number of piperidine rings is 1. The van der Waals surface area contributed by atoms with Crippen LogP contribution in [0.25, 0.3) is 0 Å². The zero-order valence-corrected chi connectivity index (χ0v) is 16.1. The second-order valence-electron chi connectivity index (χ2n) is 8.43. The standard InChI is InChI=1S/C21H32N4O2/c26-19-16-24(15-17-7-1-4-11-22-17)14-8-18(19)23-20(27)21(9-2-3-10-21)25-12-5-6-13-25/h1,4,7,11,18-19,26H,2-3,5-6,8-10,12-16H2,(H,23,27)/t18-,19-/m1/s1. The fourth-order valence-corrected chi connectivity index (χ4v) is 5.12. The lowest BCUT2D eigenvalue weighted by Gasteiger charge is -2.41. The van der Waals surface area contributed by atoms with Crippen molar-refractivity contribution in [3.05, 3.63) is 30.1 Å². The second-order valence-corrected chi connectivity index (χ2v) is 8.43. The van der Waals surface area contributed by atoms with Gasteiger partial charge in [-0.05, 0) is 57.3 Å². The number of hydrogen-bond donors (Lipinski definition) is 2. The Hall–Kier alpha value is -1.50. The molecule has 27 heavy (non-hydrogen) atoms. The molecule has 1 saturated carbocycles. The predicted octanol–water partition coefficient (Wildman–Crippen LogP) is 1.54. The van der Waals surface area contributed by atoms with E-state index >= 15 is 0 Å². The van der Waals surface area contributed by atoms with Crippen molar-refractivity contribution in [3.63, 3.8) is 0 Å². The molecule has 3 heterocycles. The van der Waals surface area contributed by atoms with Crippen LogP contribution in [0, 0.1) is 0 Å². The van der Waals surface area contributed by atoms with Crippen molar-refractivity contribution >= 4 is 5.91 Å². The Labute approximate surface area is 161 Å².